The molecule has 0 spiro atoms. The summed E-state index contributed by atoms with van der Waals surface area (Å²) in [7, 11) is 0. The second kappa shape index (κ2) is 10.6. The molecule has 0 bridgehead atoms. The van der Waals surface area contributed by atoms with Crippen molar-refractivity contribution in [1.29, 1.82) is 0 Å². The first-order valence-electron chi connectivity index (χ1n) is 12.3. The largest absolute Gasteiger partial charge is 0.507 e. The maximum Gasteiger partial charge on any atom is 0.128 e. The van der Waals surface area contributed by atoms with Gasteiger partial charge in [-0.1, -0.05) is 108 Å². The third-order valence-corrected chi connectivity index (χ3v) is 7.37. The molecule has 0 radical (unpaired) electrons. The monoisotopic (exact) mass is 457 g/mol. The van der Waals surface area contributed by atoms with Gasteiger partial charge in [0.2, 0.25) is 0 Å². The Labute approximate surface area is 205 Å². The van der Waals surface area contributed by atoms with Gasteiger partial charge in [0.25, 0.3) is 0 Å². The van der Waals surface area contributed by atoms with Crippen molar-refractivity contribution in [3.63, 3.8) is 0 Å². The van der Waals surface area contributed by atoms with Crippen LogP contribution in [0.15, 0.2) is 77.8 Å². The van der Waals surface area contributed by atoms with Gasteiger partial charge in [-0.3, -0.25) is 4.99 Å². The highest BCUT2D eigenvalue weighted by molar-refractivity contribution is 5.85. The van der Waals surface area contributed by atoms with Gasteiger partial charge < -0.3 is 10.2 Å². The second-order valence-corrected chi connectivity index (χ2v) is 10.4. The molecule has 2 atom stereocenters. The van der Waals surface area contributed by atoms with Crippen molar-refractivity contribution in [2.45, 2.75) is 77.4 Å². The molecule has 0 aliphatic rings. The van der Waals surface area contributed by atoms with Gasteiger partial charge in [0.15, 0.2) is 0 Å². The minimum absolute atomic E-state index is 0.0305. The lowest BCUT2D eigenvalue weighted by Crippen LogP contribution is -2.21. The number of aromatic hydroxyl groups is 1. The Hall–Kier alpha value is -2.91. The van der Waals surface area contributed by atoms with Gasteiger partial charge in [0.05, 0.1) is 0 Å². The van der Waals surface area contributed by atoms with Crippen molar-refractivity contribution in [3.05, 3.63) is 101 Å². The number of aliphatic hydroxyl groups excluding tert-OH is 1. The smallest absolute Gasteiger partial charge is 0.128 e. The van der Waals surface area contributed by atoms with E-state index in [-0.39, 0.29) is 16.6 Å². The highest BCUT2D eigenvalue weighted by atomic mass is 16.3. The molecule has 180 valence electrons. The lowest BCUT2D eigenvalue weighted by atomic mass is 9.75. The summed E-state index contributed by atoms with van der Waals surface area (Å²) in [5, 5.41) is 22.6. The number of aliphatic hydroxyl groups is 1. The van der Waals surface area contributed by atoms with Gasteiger partial charge in [-0.2, -0.15) is 0 Å². The van der Waals surface area contributed by atoms with Crippen molar-refractivity contribution in [2.75, 3.05) is 0 Å². The van der Waals surface area contributed by atoms with Gasteiger partial charge in [-0.25, -0.2) is 0 Å². The summed E-state index contributed by atoms with van der Waals surface area (Å²) in [6.45, 7) is 13.1. The molecule has 0 heterocycles. The molecule has 0 amide bonds. The van der Waals surface area contributed by atoms with Crippen LogP contribution in [0.5, 0.6) is 5.75 Å². The number of benzene rings is 3. The molecule has 0 unspecified atom stereocenters. The highest BCUT2D eigenvalue weighted by Crippen LogP contribution is 2.40. The lowest BCUT2D eigenvalue weighted by Gasteiger charge is -2.30. The van der Waals surface area contributed by atoms with Crippen LogP contribution in [0, 0.1) is 0 Å². The topological polar surface area (TPSA) is 52.8 Å². The molecular formula is C31H39NO2. The molecule has 3 heteroatoms. The van der Waals surface area contributed by atoms with E-state index in [4.69, 9.17) is 4.99 Å². The Kier molecular flexibility index (Phi) is 7.99. The van der Waals surface area contributed by atoms with Crippen molar-refractivity contribution in [2.24, 2.45) is 4.99 Å². The summed E-state index contributed by atoms with van der Waals surface area (Å²) < 4.78 is 0. The number of nitrogens with zero attached hydrogens (tertiary/aromatic N) is 1. The quantitative estimate of drug-likeness (QED) is 0.324. The standard InChI is InChI=1S/C31H39NO2/c1-7-30(3,4)25-19-24(28(33)26(20-25)31(5,6)8-2)21-32-27(22-15-11-9-12-16-22)29(34)23-17-13-10-14-18-23/h9-21,27,29,33-34H,7-8H2,1-6H3/t27-,29+/m1/s1. The predicted molar refractivity (Wildman–Crippen MR) is 143 cm³/mol. The number of phenolic OH excluding ortho intramolecular Hbond substituents is 1. The minimum Gasteiger partial charge on any atom is -0.507 e. The highest BCUT2D eigenvalue weighted by Gasteiger charge is 2.28. The number of aliphatic imine (C=N–C) groups is 1. The van der Waals surface area contributed by atoms with Crippen LogP contribution in [0.1, 0.15) is 94.3 Å². The number of hydrogen-bond acceptors (Lipinski definition) is 3. The first-order chi connectivity index (χ1) is 16.1. The fourth-order valence-electron chi connectivity index (χ4n) is 4.05. The van der Waals surface area contributed by atoms with E-state index in [2.05, 4.69) is 53.7 Å². The van der Waals surface area contributed by atoms with E-state index in [1.54, 1.807) is 6.21 Å². The molecular weight excluding hydrogens is 418 g/mol. The molecule has 0 aromatic heterocycles. The van der Waals surface area contributed by atoms with Crippen LogP contribution < -0.4 is 0 Å². The van der Waals surface area contributed by atoms with Crippen LogP contribution in [0.3, 0.4) is 0 Å². The summed E-state index contributed by atoms with van der Waals surface area (Å²) in [5.74, 6) is 0.271. The van der Waals surface area contributed by atoms with Crippen LogP contribution in [0.4, 0.5) is 0 Å². The summed E-state index contributed by atoms with van der Waals surface area (Å²) in [4.78, 5) is 4.86. The van der Waals surface area contributed by atoms with Gasteiger partial charge in [-0.05, 0) is 46.4 Å². The van der Waals surface area contributed by atoms with E-state index in [9.17, 15) is 10.2 Å². The molecule has 0 fully saturated rings. The van der Waals surface area contributed by atoms with Crippen molar-refractivity contribution in [1.82, 2.24) is 0 Å². The van der Waals surface area contributed by atoms with Crippen LogP contribution in [0.25, 0.3) is 0 Å². The molecule has 3 nitrogen and oxygen atoms in total. The van der Waals surface area contributed by atoms with E-state index in [0.717, 1.165) is 29.5 Å². The van der Waals surface area contributed by atoms with Gasteiger partial charge in [0.1, 0.15) is 17.9 Å². The fraction of sp³-hybridized carbons (Fsp3) is 0.387. The number of hydrogen-bond donors (Lipinski definition) is 2. The van der Waals surface area contributed by atoms with Crippen LogP contribution >= 0.6 is 0 Å². The molecule has 0 saturated carbocycles. The Morgan fingerprint density at radius 2 is 1.32 bits per heavy atom. The number of rotatable bonds is 9. The van der Waals surface area contributed by atoms with Crippen LogP contribution in [0.2, 0.25) is 0 Å². The fourth-order valence-corrected chi connectivity index (χ4v) is 4.05. The zero-order valence-corrected chi connectivity index (χ0v) is 21.4. The van der Waals surface area contributed by atoms with Crippen molar-refractivity contribution < 1.29 is 10.2 Å². The molecule has 2 N–H and O–H groups in total. The maximum atomic E-state index is 11.3. The zero-order chi connectivity index (χ0) is 24.9. The third kappa shape index (κ3) is 5.59. The van der Waals surface area contributed by atoms with E-state index < -0.39 is 12.1 Å². The Bertz CT molecular complexity index is 1100. The third-order valence-electron chi connectivity index (χ3n) is 7.37. The normalized spacial score (nSPS) is 14.3. The Morgan fingerprint density at radius 1 is 0.794 bits per heavy atom. The average molecular weight is 458 g/mol. The Balaban J connectivity index is 2.13. The summed E-state index contributed by atoms with van der Waals surface area (Å²) >= 11 is 0. The molecule has 34 heavy (non-hydrogen) atoms. The van der Waals surface area contributed by atoms with Crippen molar-refractivity contribution >= 4 is 6.21 Å². The predicted octanol–water partition coefficient (Wildman–Crippen LogP) is 7.66. The summed E-state index contributed by atoms with van der Waals surface area (Å²) in [6.07, 6.45) is 2.83. The zero-order valence-electron chi connectivity index (χ0n) is 21.4. The Morgan fingerprint density at radius 3 is 1.85 bits per heavy atom. The molecule has 3 aromatic carbocycles. The van der Waals surface area contributed by atoms with Gasteiger partial charge in [-0.15, -0.1) is 0 Å². The SMILES string of the molecule is CCC(C)(C)c1cc(C=N[C@H](c2ccccc2)[C@@H](O)c2ccccc2)c(O)c(C(C)(C)CC)c1. The van der Waals surface area contributed by atoms with Crippen molar-refractivity contribution in [3.8, 4) is 5.75 Å². The summed E-state index contributed by atoms with van der Waals surface area (Å²) in [6, 6.07) is 23.2. The second-order valence-electron chi connectivity index (χ2n) is 10.4. The molecule has 0 saturated heterocycles. The van der Waals surface area contributed by atoms with E-state index in [1.807, 2.05) is 60.7 Å². The van der Waals surface area contributed by atoms with Crippen LogP contribution in [-0.4, -0.2) is 16.4 Å². The average Bonchev–Trinajstić information content (AvgIpc) is 2.85. The van der Waals surface area contributed by atoms with Gasteiger partial charge >= 0.3 is 0 Å². The minimum atomic E-state index is -0.802. The van der Waals surface area contributed by atoms with E-state index >= 15 is 0 Å². The molecule has 0 aliphatic heterocycles. The maximum absolute atomic E-state index is 11.3. The molecule has 0 aliphatic carbocycles. The molecule has 3 aromatic rings. The van der Waals surface area contributed by atoms with Gasteiger partial charge in [0, 0.05) is 17.3 Å². The summed E-state index contributed by atoms with van der Waals surface area (Å²) in [5.41, 5.74) is 4.35. The first kappa shape index (κ1) is 25.7. The van der Waals surface area contributed by atoms with E-state index in [1.165, 1.54) is 5.56 Å². The molecule has 3 rings (SSSR count). The number of phenols is 1. The van der Waals surface area contributed by atoms with Crippen LogP contribution in [-0.2, 0) is 10.8 Å². The van der Waals surface area contributed by atoms with E-state index in [0.29, 0.717) is 5.56 Å². The lowest BCUT2D eigenvalue weighted by molar-refractivity contribution is 0.148. The first-order valence-corrected chi connectivity index (χ1v) is 12.3.